The lowest BCUT2D eigenvalue weighted by Gasteiger charge is -2.35. The Balaban J connectivity index is 2.47. The van der Waals surface area contributed by atoms with E-state index >= 15 is 0 Å². The van der Waals surface area contributed by atoms with Gasteiger partial charge in [-0.15, -0.1) is 0 Å². The molecular weight excluding hydrogens is 316 g/mol. The molecular formula is C16H17ClN4O2. The Bertz CT molecular complexity index is 818. The van der Waals surface area contributed by atoms with Gasteiger partial charge in [0.1, 0.15) is 25.0 Å². The molecule has 0 amide bonds. The fourth-order valence-electron chi connectivity index (χ4n) is 3.04. The Labute approximate surface area is 139 Å². The van der Waals surface area contributed by atoms with E-state index in [2.05, 4.69) is 15.1 Å². The van der Waals surface area contributed by atoms with E-state index in [1.807, 2.05) is 19.9 Å². The number of benzene rings is 1. The van der Waals surface area contributed by atoms with Crippen molar-refractivity contribution < 1.29 is 9.57 Å². The second kappa shape index (κ2) is 5.38. The fraction of sp³-hybridized carbons (Fsp3) is 0.312. The van der Waals surface area contributed by atoms with Crippen molar-refractivity contribution in [1.82, 2.24) is 9.97 Å². The average Bonchev–Trinajstić information content (AvgIpc) is 2.51. The van der Waals surface area contributed by atoms with Gasteiger partial charge in [0.15, 0.2) is 0 Å². The number of aromatic nitrogens is 2. The average molecular weight is 333 g/mol. The molecule has 23 heavy (non-hydrogen) atoms. The smallest absolute Gasteiger partial charge is 0.138 e. The first kappa shape index (κ1) is 15.6. The summed E-state index contributed by atoms with van der Waals surface area (Å²) in [5, 5.41) is 4.69. The van der Waals surface area contributed by atoms with E-state index < -0.39 is 5.41 Å². The van der Waals surface area contributed by atoms with E-state index in [0.29, 0.717) is 22.3 Å². The second-order valence-corrected chi connectivity index (χ2v) is 6.11. The number of nitrogens with zero attached hydrogens (tertiary/aromatic N) is 3. The fourth-order valence-corrected chi connectivity index (χ4v) is 3.38. The van der Waals surface area contributed by atoms with Gasteiger partial charge in [-0.25, -0.2) is 9.97 Å². The van der Waals surface area contributed by atoms with Crippen LogP contribution in [0.1, 0.15) is 25.0 Å². The zero-order valence-electron chi connectivity index (χ0n) is 13.3. The van der Waals surface area contributed by atoms with Crippen molar-refractivity contribution in [3.8, 4) is 17.0 Å². The molecule has 1 aliphatic rings. The lowest BCUT2D eigenvalue weighted by molar-refractivity contribution is 0.211. The Morgan fingerprint density at radius 1 is 1.22 bits per heavy atom. The van der Waals surface area contributed by atoms with Gasteiger partial charge in [0.2, 0.25) is 0 Å². The number of nitrogens with two attached hydrogens (primary N) is 1. The molecule has 6 nitrogen and oxygen atoms in total. The van der Waals surface area contributed by atoms with Gasteiger partial charge in [-0.2, -0.15) is 0 Å². The number of anilines is 1. The molecule has 0 spiro atoms. The molecule has 2 N–H and O–H groups in total. The first-order valence-corrected chi connectivity index (χ1v) is 7.41. The minimum Gasteiger partial charge on any atom is -0.495 e. The van der Waals surface area contributed by atoms with Crippen LogP contribution in [-0.4, -0.2) is 29.9 Å². The van der Waals surface area contributed by atoms with E-state index in [-0.39, 0.29) is 0 Å². The predicted octanol–water partition coefficient (Wildman–Crippen LogP) is 3.03. The summed E-state index contributed by atoms with van der Waals surface area (Å²) >= 11 is 6.55. The first-order chi connectivity index (χ1) is 10.9. The topological polar surface area (TPSA) is 82.6 Å². The monoisotopic (exact) mass is 332 g/mol. The summed E-state index contributed by atoms with van der Waals surface area (Å²) in [7, 11) is 3.07. The van der Waals surface area contributed by atoms with Gasteiger partial charge in [0.05, 0.1) is 23.5 Å². The molecule has 3 rings (SSSR count). The lowest BCUT2D eigenvalue weighted by atomic mass is 9.70. The van der Waals surface area contributed by atoms with Gasteiger partial charge in [-0.05, 0) is 26.0 Å². The summed E-state index contributed by atoms with van der Waals surface area (Å²) in [5.74, 6) is 0.983. The number of fused-ring (bicyclic) bond motifs is 3. The van der Waals surface area contributed by atoms with Gasteiger partial charge < -0.3 is 15.3 Å². The number of oxime groups is 1. The number of rotatable bonds is 2. The highest BCUT2D eigenvalue weighted by atomic mass is 35.5. The standard InChI is InChI=1S/C16H17ClN4O2/c1-16(2)11-13(19-7-20-15(11)18)8-5-6-9(22-3)12(17)10(8)14(16)21-23-4/h5-7H,1-4H3,(H2,18,19,20)/b21-14-. The van der Waals surface area contributed by atoms with Crippen molar-refractivity contribution in [1.29, 1.82) is 0 Å². The lowest BCUT2D eigenvalue weighted by Crippen LogP contribution is -2.36. The maximum absolute atomic E-state index is 6.55. The third kappa shape index (κ3) is 2.13. The summed E-state index contributed by atoms with van der Waals surface area (Å²) in [6, 6.07) is 3.69. The third-order valence-corrected chi connectivity index (χ3v) is 4.47. The Hall–Kier alpha value is -2.34. The zero-order valence-corrected chi connectivity index (χ0v) is 14.1. The number of nitrogen functional groups attached to an aromatic ring is 1. The third-order valence-electron chi connectivity index (χ3n) is 4.09. The number of hydrogen-bond donors (Lipinski definition) is 1. The minimum atomic E-state index is -0.570. The van der Waals surface area contributed by atoms with E-state index in [4.69, 9.17) is 26.9 Å². The molecule has 1 heterocycles. The molecule has 0 saturated carbocycles. The second-order valence-electron chi connectivity index (χ2n) is 5.73. The van der Waals surface area contributed by atoms with Gasteiger partial charge in [0, 0.05) is 22.1 Å². The van der Waals surface area contributed by atoms with E-state index in [9.17, 15) is 0 Å². The quantitative estimate of drug-likeness (QED) is 0.855. The summed E-state index contributed by atoms with van der Waals surface area (Å²) in [4.78, 5) is 13.6. The van der Waals surface area contributed by atoms with Crippen molar-refractivity contribution >= 4 is 23.1 Å². The van der Waals surface area contributed by atoms with Crippen molar-refractivity contribution in [3.63, 3.8) is 0 Å². The zero-order chi connectivity index (χ0) is 16.8. The van der Waals surface area contributed by atoms with Gasteiger partial charge >= 0.3 is 0 Å². The number of hydrogen-bond acceptors (Lipinski definition) is 6. The Kier molecular flexibility index (Phi) is 3.64. The van der Waals surface area contributed by atoms with Crippen LogP contribution in [0, 0.1) is 0 Å². The maximum Gasteiger partial charge on any atom is 0.138 e. The van der Waals surface area contributed by atoms with Crippen LogP contribution in [0.25, 0.3) is 11.3 Å². The molecule has 0 bridgehead atoms. The maximum atomic E-state index is 6.55. The van der Waals surface area contributed by atoms with Gasteiger partial charge in [0.25, 0.3) is 0 Å². The summed E-state index contributed by atoms with van der Waals surface area (Å²) < 4.78 is 5.33. The minimum absolute atomic E-state index is 0.418. The van der Waals surface area contributed by atoms with Crippen LogP contribution in [0.5, 0.6) is 5.75 Å². The molecule has 2 aromatic rings. The summed E-state index contributed by atoms with van der Waals surface area (Å²) in [5.41, 5.74) is 9.34. The van der Waals surface area contributed by atoms with Crippen LogP contribution in [0.2, 0.25) is 5.02 Å². The normalized spacial score (nSPS) is 16.7. The van der Waals surface area contributed by atoms with E-state index in [0.717, 1.165) is 22.4 Å². The molecule has 1 aromatic heterocycles. The molecule has 0 aliphatic heterocycles. The Morgan fingerprint density at radius 2 is 1.96 bits per heavy atom. The number of halogens is 1. The van der Waals surface area contributed by atoms with Crippen LogP contribution in [0.3, 0.4) is 0 Å². The summed E-state index contributed by atoms with van der Waals surface area (Å²) in [6.45, 7) is 3.98. The molecule has 0 fully saturated rings. The van der Waals surface area contributed by atoms with Crippen molar-refractivity contribution in [3.05, 3.63) is 34.6 Å². The predicted molar refractivity (Wildman–Crippen MR) is 90.0 cm³/mol. The molecule has 1 aliphatic carbocycles. The highest BCUT2D eigenvalue weighted by Gasteiger charge is 2.42. The molecule has 0 saturated heterocycles. The highest BCUT2D eigenvalue weighted by Crippen LogP contribution is 2.48. The molecule has 0 atom stereocenters. The van der Waals surface area contributed by atoms with Crippen LogP contribution in [0.15, 0.2) is 23.6 Å². The van der Waals surface area contributed by atoms with Crippen LogP contribution < -0.4 is 10.5 Å². The van der Waals surface area contributed by atoms with Crippen LogP contribution in [-0.2, 0) is 10.3 Å². The first-order valence-electron chi connectivity index (χ1n) is 7.03. The van der Waals surface area contributed by atoms with Crippen LogP contribution >= 0.6 is 11.6 Å². The number of ether oxygens (including phenoxy) is 1. The number of methoxy groups -OCH3 is 1. The molecule has 120 valence electrons. The molecule has 7 heteroatoms. The largest absolute Gasteiger partial charge is 0.495 e. The van der Waals surface area contributed by atoms with Gasteiger partial charge in [-0.1, -0.05) is 16.8 Å². The van der Waals surface area contributed by atoms with E-state index in [1.165, 1.54) is 13.4 Å². The van der Waals surface area contributed by atoms with Crippen LogP contribution in [0.4, 0.5) is 5.82 Å². The SMILES string of the molecule is CO/N=C1/c2c(ccc(OC)c2Cl)-c2ncnc(N)c2C1(C)C. The molecule has 0 radical (unpaired) electrons. The van der Waals surface area contributed by atoms with Crippen molar-refractivity contribution in [2.24, 2.45) is 5.16 Å². The van der Waals surface area contributed by atoms with E-state index in [1.54, 1.807) is 13.2 Å². The van der Waals surface area contributed by atoms with Gasteiger partial charge in [-0.3, -0.25) is 0 Å². The molecule has 0 unspecified atom stereocenters. The van der Waals surface area contributed by atoms with Crippen molar-refractivity contribution in [2.75, 3.05) is 20.0 Å². The van der Waals surface area contributed by atoms with Crippen molar-refractivity contribution in [2.45, 2.75) is 19.3 Å². The Morgan fingerprint density at radius 3 is 2.61 bits per heavy atom. The highest BCUT2D eigenvalue weighted by molar-refractivity contribution is 6.37. The summed E-state index contributed by atoms with van der Waals surface area (Å²) in [6.07, 6.45) is 1.45. The molecule has 1 aromatic carbocycles.